The Labute approximate surface area is 75.1 Å². The first-order valence-electron chi connectivity index (χ1n) is 4.76. The van der Waals surface area contributed by atoms with Crippen LogP contribution in [0.15, 0.2) is 0 Å². The van der Waals surface area contributed by atoms with E-state index >= 15 is 0 Å². The van der Waals surface area contributed by atoms with Crippen LogP contribution in [-0.2, 0) is 0 Å². The standard InChI is InChI=1S/C9H21FN2/c1-4-12(5-2)8-9(3)11-7-6-10/h9,11H,4-8H2,1-3H3. The third-order valence-electron chi connectivity index (χ3n) is 2.01. The zero-order valence-electron chi connectivity index (χ0n) is 8.44. The fourth-order valence-corrected chi connectivity index (χ4v) is 1.23. The summed E-state index contributed by atoms with van der Waals surface area (Å²) in [6.45, 7) is 9.72. The first-order chi connectivity index (χ1) is 5.74. The molecule has 0 aliphatic carbocycles. The maximum Gasteiger partial charge on any atom is 0.102 e. The number of hydrogen-bond donors (Lipinski definition) is 1. The molecule has 0 saturated carbocycles. The van der Waals surface area contributed by atoms with Crippen molar-refractivity contribution in [1.29, 1.82) is 0 Å². The number of rotatable bonds is 7. The summed E-state index contributed by atoms with van der Waals surface area (Å²) in [5, 5.41) is 3.11. The molecule has 0 amide bonds. The van der Waals surface area contributed by atoms with Gasteiger partial charge in [-0.15, -0.1) is 0 Å². The van der Waals surface area contributed by atoms with Gasteiger partial charge in [0.15, 0.2) is 0 Å². The van der Waals surface area contributed by atoms with Crippen LogP contribution in [-0.4, -0.2) is 43.8 Å². The van der Waals surface area contributed by atoms with E-state index in [2.05, 4.69) is 31.0 Å². The van der Waals surface area contributed by atoms with Gasteiger partial charge in [-0.3, -0.25) is 0 Å². The zero-order chi connectivity index (χ0) is 9.40. The molecule has 0 fully saturated rings. The van der Waals surface area contributed by atoms with E-state index in [-0.39, 0.29) is 6.67 Å². The number of hydrogen-bond acceptors (Lipinski definition) is 2. The number of nitrogens with zero attached hydrogens (tertiary/aromatic N) is 1. The maximum absolute atomic E-state index is 11.8. The summed E-state index contributed by atoms with van der Waals surface area (Å²) in [6.07, 6.45) is 0. The normalized spacial score (nSPS) is 13.8. The minimum atomic E-state index is -0.275. The molecular formula is C9H21FN2. The van der Waals surface area contributed by atoms with Crippen LogP contribution in [0.3, 0.4) is 0 Å². The lowest BCUT2D eigenvalue weighted by Gasteiger charge is -2.22. The SMILES string of the molecule is CCN(CC)CC(C)NCCF. The highest BCUT2D eigenvalue weighted by molar-refractivity contribution is 4.65. The smallest absolute Gasteiger partial charge is 0.102 e. The van der Waals surface area contributed by atoms with Gasteiger partial charge in [0, 0.05) is 19.1 Å². The first kappa shape index (κ1) is 11.8. The largest absolute Gasteiger partial charge is 0.310 e. The minimum absolute atomic E-state index is 0.275. The topological polar surface area (TPSA) is 15.3 Å². The zero-order valence-corrected chi connectivity index (χ0v) is 8.44. The Morgan fingerprint density at radius 3 is 2.33 bits per heavy atom. The molecule has 0 aromatic carbocycles. The molecule has 0 aliphatic rings. The average molecular weight is 176 g/mol. The van der Waals surface area contributed by atoms with E-state index in [1.54, 1.807) is 0 Å². The number of likely N-dealkylation sites (N-methyl/N-ethyl adjacent to an activating group) is 1. The Bertz CT molecular complexity index is 94.5. The quantitative estimate of drug-likeness (QED) is 0.628. The third kappa shape index (κ3) is 5.49. The summed E-state index contributed by atoms with van der Waals surface area (Å²) in [4.78, 5) is 2.33. The van der Waals surface area contributed by atoms with Crippen LogP contribution in [0.25, 0.3) is 0 Å². The van der Waals surface area contributed by atoms with E-state index in [9.17, 15) is 4.39 Å². The molecule has 0 aromatic heterocycles. The van der Waals surface area contributed by atoms with Gasteiger partial charge in [0.1, 0.15) is 6.67 Å². The first-order valence-corrected chi connectivity index (χ1v) is 4.76. The van der Waals surface area contributed by atoms with Gasteiger partial charge >= 0.3 is 0 Å². The van der Waals surface area contributed by atoms with Crippen molar-refractivity contribution in [2.45, 2.75) is 26.8 Å². The highest BCUT2D eigenvalue weighted by atomic mass is 19.1. The van der Waals surface area contributed by atoms with E-state index in [0.29, 0.717) is 12.6 Å². The van der Waals surface area contributed by atoms with Gasteiger partial charge in [-0.25, -0.2) is 4.39 Å². The van der Waals surface area contributed by atoms with Crippen LogP contribution in [0.1, 0.15) is 20.8 Å². The Balaban J connectivity index is 3.44. The average Bonchev–Trinajstić information content (AvgIpc) is 2.10. The van der Waals surface area contributed by atoms with Crippen molar-refractivity contribution in [1.82, 2.24) is 10.2 Å². The second-order valence-electron chi connectivity index (χ2n) is 3.03. The van der Waals surface area contributed by atoms with Crippen LogP contribution in [0.4, 0.5) is 4.39 Å². The monoisotopic (exact) mass is 176 g/mol. The van der Waals surface area contributed by atoms with Crippen LogP contribution in [0.5, 0.6) is 0 Å². The molecule has 2 nitrogen and oxygen atoms in total. The summed E-state index contributed by atoms with van der Waals surface area (Å²) >= 11 is 0. The van der Waals surface area contributed by atoms with Crippen LogP contribution >= 0.6 is 0 Å². The molecule has 0 aromatic rings. The minimum Gasteiger partial charge on any atom is -0.310 e. The second-order valence-corrected chi connectivity index (χ2v) is 3.03. The number of halogens is 1. The molecular weight excluding hydrogens is 155 g/mol. The summed E-state index contributed by atoms with van der Waals surface area (Å²) in [6, 6.07) is 0.389. The molecule has 12 heavy (non-hydrogen) atoms. The summed E-state index contributed by atoms with van der Waals surface area (Å²) in [5.74, 6) is 0. The molecule has 0 heterocycles. The summed E-state index contributed by atoms with van der Waals surface area (Å²) in [5.41, 5.74) is 0. The van der Waals surface area contributed by atoms with Crippen molar-refractivity contribution in [2.24, 2.45) is 0 Å². The van der Waals surface area contributed by atoms with Crippen LogP contribution < -0.4 is 5.32 Å². The van der Waals surface area contributed by atoms with Crippen LogP contribution in [0, 0.1) is 0 Å². The number of nitrogens with one attached hydrogen (secondary N) is 1. The van der Waals surface area contributed by atoms with Crippen molar-refractivity contribution < 1.29 is 4.39 Å². The predicted octanol–water partition coefficient (Wildman–Crippen LogP) is 1.28. The molecule has 1 N–H and O–H groups in total. The molecule has 0 spiro atoms. The molecule has 0 rings (SSSR count). The van der Waals surface area contributed by atoms with E-state index in [0.717, 1.165) is 19.6 Å². The highest BCUT2D eigenvalue weighted by Crippen LogP contribution is 1.90. The summed E-state index contributed by atoms with van der Waals surface area (Å²) < 4.78 is 11.8. The van der Waals surface area contributed by atoms with Gasteiger partial charge < -0.3 is 10.2 Å². The molecule has 74 valence electrons. The van der Waals surface area contributed by atoms with E-state index in [1.165, 1.54) is 0 Å². The third-order valence-corrected chi connectivity index (χ3v) is 2.01. The van der Waals surface area contributed by atoms with Gasteiger partial charge in [0.2, 0.25) is 0 Å². The summed E-state index contributed by atoms with van der Waals surface area (Å²) in [7, 11) is 0. The van der Waals surface area contributed by atoms with Crippen molar-refractivity contribution in [3.63, 3.8) is 0 Å². The molecule has 3 heteroatoms. The Kier molecular flexibility index (Phi) is 7.40. The highest BCUT2D eigenvalue weighted by Gasteiger charge is 2.05. The van der Waals surface area contributed by atoms with Gasteiger partial charge in [-0.1, -0.05) is 13.8 Å². The molecule has 0 bridgehead atoms. The Morgan fingerprint density at radius 2 is 1.92 bits per heavy atom. The maximum atomic E-state index is 11.8. The van der Waals surface area contributed by atoms with Crippen molar-refractivity contribution >= 4 is 0 Å². The molecule has 0 saturated heterocycles. The Morgan fingerprint density at radius 1 is 1.33 bits per heavy atom. The van der Waals surface area contributed by atoms with E-state index < -0.39 is 0 Å². The van der Waals surface area contributed by atoms with Crippen molar-refractivity contribution in [3.8, 4) is 0 Å². The van der Waals surface area contributed by atoms with Gasteiger partial charge in [0.05, 0.1) is 0 Å². The molecule has 0 aliphatic heterocycles. The number of alkyl halides is 1. The fourth-order valence-electron chi connectivity index (χ4n) is 1.23. The lowest BCUT2D eigenvalue weighted by Crippen LogP contribution is -2.39. The lowest BCUT2D eigenvalue weighted by atomic mass is 10.3. The molecule has 1 unspecified atom stereocenters. The van der Waals surface area contributed by atoms with E-state index in [1.807, 2.05) is 0 Å². The molecule has 0 radical (unpaired) electrons. The predicted molar refractivity (Wildman–Crippen MR) is 51.2 cm³/mol. The van der Waals surface area contributed by atoms with E-state index in [4.69, 9.17) is 0 Å². The van der Waals surface area contributed by atoms with Gasteiger partial charge in [0.25, 0.3) is 0 Å². The van der Waals surface area contributed by atoms with Gasteiger partial charge in [-0.05, 0) is 20.0 Å². The van der Waals surface area contributed by atoms with Crippen molar-refractivity contribution in [2.75, 3.05) is 32.9 Å². The van der Waals surface area contributed by atoms with Crippen LogP contribution in [0.2, 0.25) is 0 Å². The lowest BCUT2D eigenvalue weighted by molar-refractivity contribution is 0.268. The Hall–Kier alpha value is -0.150. The fraction of sp³-hybridized carbons (Fsp3) is 1.00. The van der Waals surface area contributed by atoms with Gasteiger partial charge in [-0.2, -0.15) is 0 Å². The second kappa shape index (κ2) is 7.50. The molecule has 1 atom stereocenters. The van der Waals surface area contributed by atoms with Crippen molar-refractivity contribution in [3.05, 3.63) is 0 Å².